The van der Waals surface area contributed by atoms with Gasteiger partial charge in [-0.3, -0.25) is 0 Å². The number of carbonyl (C=O) groups is 1. The molecule has 0 bridgehead atoms. The normalized spacial score (nSPS) is 17.8. The van der Waals surface area contributed by atoms with Crippen LogP contribution in [0.5, 0.6) is 5.75 Å². The third kappa shape index (κ3) is 2.48. The van der Waals surface area contributed by atoms with Crippen LogP contribution in [-0.4, -0.2) is 23.3 Å². The topological polar surface area (TPSA) is 55.8 Å². The van der Waals surface area contributed by atoms with Crippen LogP contribution in [0.2, 0.25) is 0 Å². The molecule has 0 saturated carbocycles. The molecule has 0 spiro atoms. The first-order chi connectivity index (χ1) is 8.43. The van der Waals surface area contributed by atoms with E-state index in [2.05, 4.69) is 0 Å². The molecule has 1 unspecified atom stereocenters. The number of aliphatic hydroxyl groups excluding tert-OH is 1. The number of ether oxygens (including phenoxy) is 2. The Morgan fingerprint density at radius 3 is 2.94 bits per heavy atom. The maximum absolute atomic E-state index is 11.5. The molecule has 1 aliphatic heterocycles. The highest BCUT2D eigenvalue weighted by Gasteiger charge is 2.31. The van der Waals surface area contributed by atoms with Gasteiger partial charge in [0.1, 0.15) is 11.4 Å². The molecule has 18 heavy (non-hydrogen) atoms. The van der Waals surface area contributed by atoms with Crippen molar-refractivity contribution in [2.45, 2.75) is 38.9 Å². The van der Waals surface area contributed by atoms with E-state index in [4.69, 9.17) is 9.47 Å². The zero-order valence-electron chi connectivity index (χ0n) is 10.9. The molecule has 1 aliphatic rings. The SMILES string of the molecule is CCOC(=O)C(O)c1ccc2c(c1)CC(C)(C)O2. The van der Waals surface area contributed by atoms with Gasteiger partial charge in [0.25, 0.3) is 0 Å². The van der Waals surface area contributed by atoms with E-state index in [1.807, 2.05) is 19.9 Å². The minimum absolute atomic E-state index is 0.226. The molecule has 0 amide bonds. The summed E-state index contributed by atoms with van der Waals surface area (Å²) < 4.78 is 10.5. The number of rotatable bonds is 3. The van der Waals surface area contributed by atoms with E-state index >= 15 is 0 Å². The quantitative estimate of drug-likeness (QED) is 0.834. The maximum Gasteiger partial charge on any atom is 0.339 e. The second-order valence-electron chi connectivity index (χ2n) is 5.06. The minimum atomic E-state index is -1.22. The van der Waals surface area contributed by atoms with Crippen LogP contribution in [0.25, 0.3) is 0 Å². The van der Waals surface area contributed by atoms with Gasteiger partial charge in [-0.25, -0.2) is 4.79 Å². The third-order valence-electron chi connectivity index (χ3n) is 2.91. The molecule has 98 valence electrons. The molecule has 1 heterocycles. The first kappa shape index (κ1) is 12.9. The Morgan fingerprint density at radius 2 is 2.28 bits per heavy atom. The van der Waals surface area contributed by atoms with Crippen LogP contribution in [0, 0.1) is 0 Å². The van der Waals surface area contributed by atoms with Gasteiger partial charge in [-0.2, -0.15) is 0 Å². The van der Waals surface area contributed by atoms with Gasteiger partial charge in [-0.05, 0) is 44.0 Å². The van der Waals surface area contributed by atoms with E-state index in [1.54, 1.807) is 19.1 Å². The molecule has 0 fully saturated rings. The zero-order chi connectivity index (χ0) is 13.3. The summed E-state index contributed by atoms with van der Waals surface area (Å²) in [6.07, 6.45) is -0.454. The average molecular weight is 250 g/mol. The lowest BCUT2D eigenvalue weighted by molar-refractivity contribution is -0.153. The summed E-state index contributed by atoms with van der Waals surface area (Å²) in [7, 11) is 0. The van der Waals surface area contributed by atoms with Crippen LogP contribution in [-0.2, 0) is 16.0 Å². The van der Waals surface area contributed by atoms with E-state index in [0.717, 1.165) is 17.7 Å². The fourth-order valence-electron chi connectivity index (χ4n) is 2.16. The molecule has 1 aromatic carbocycles. The Labute approximate surface area is 107 Å². The van der Waals surface area contributed by atoms with Gasteiger partial charge in [0.2, 0.25) is 0 Å². The Hall–Kier alpha value is -1.55. The van der Waals surface area contributed by atoms with Crippen molar-refractivity contribution < 1.29 is 19.4 Å². The summed E-state index contributed by atoms with van der Waals surface area (Å²) in [6, 6.07) is 5.30. The van der Waals surface area contributed by atoms with Gasteiger partial charge in [0.05, 0.1) is 6.61 Å². The second-order valence-corrected chi connectivity index (χ2v) is 5.06. The highest BCUT2D eigenvalue weighted by Crippen LogP contribution is 2.36. The van der Waals surface area contributed by atoms with Gasteiger partial charge in [-0.15, -0.1) is 0 Å². The number of hydrogen-bond acceptors (Lipinski definition) is 4. The van der Waals surface area contributed by atoms with Crippen molar-refractivity contribution in [3.8, 4) is 5.75 Å². The largest absolute Gasteiger partial charge is 0.487 e. The van der Waals surface area contributed by atoms with Crippen molar-refractivity contribution >= 4 is 5.97 Å². The summed E-state index contributed by atoms with van der Waals surface area (Å²) in [5.41, 5.74) is 1.34. The van der Waals surface area contributed by atoms with Crippen molar-refractivity contribution in [1.29, 1.82) is 0 Å². The lowest BCUT2D eigenvalue weighted by Gasteiger charge is -2.16. The molecule has 0 radical (unpaired) electrons. The van der Waals surface area contributed by atoms with Crippen LogP contribution >= 0.6 is 0 Å². The monoisotopic (exact) mass is 250 g/mol. The van der Waals surface area contributed by atoms with Crippen LogP contribution in [0.1, 0.15) is 38.0 Å². The van der Waals surface area contributed by atoms with E-state index in [1.165, 1.54) is 0 Å². The average Bonchev–Trinajstić information content (AvgIpc) is 2.60. The molecule has 4 heteroatoms. The van der Waals surface area contributed by atoms with Gasteiger partial charge in [0.15, 0.2) is 6.10 Å². The number of benzene rings is 1. The molecule has 1 atom stereocenters. The van der Waals surface area contributed by atoms with E-state index in [0.29, 0.717) is 5.56 Å². The van der Waals surface area contributed by atoms with Crippen LogP contribution < -0.4 is 4.74 Å². The van der Waals surface area contributed by atoms with E-state index in [-0.39, 0.29) is 12.2 Å². The standard InChI is InChI=1S/C14H18O4/c1-4-17-13(16)12(15)9-5-6-11-10(7-9)8-14(2,3)18-11/h5-7,12,15H,4,8H2,1-3H3. The molecular weight excluding hydrogens is 232 g/mol. The Kier molecular flexibility index (Phi) is 3.30. The number of hydrogen-bond donors (Lipinski definition) is 1. The molecule has 0 aromatic heterocycles. The van der Waals surface area contributed by atoms with Crippen LogP contribution in [0.4, 0.5) is 0 Å². The Balaban J connectivity index is 2.21. The Morgan fingerprint density at radius 1 is 1.56 bits per heavy atom. The van der Waals surface area contributed by atoms with Crippen molar-refractivity contribution in [2.24, 2.45) is 0 Å². The molecule has 1 aromatic rings. The van der Waals surface area contributed by atoms with Crippen LogP contribution in [0.15, 0.2) is 18.2 Å². The zero-order valence-corrected chi connectivity index (χ0v) is 10.9. The number of carbonyl (C=O) groups excluding carboxylic acids is 1. The summed E-state index contributed by atoms with van der Waals surface area (Å²) in [6.45, 7) is 5.99. The van der Waals surface area contributed by atoms with Crippen LogP contribution in [0.3, 0.4) is 0 Å². The lowest BCUT2D eigenvalue weighted by atomic mass is 9.99. The van der Waals surface area contributed by atoms with E-state index in [9.17, 15) is 9.90 Å². The molecule has 1 N–H and O–H groups in total. The fraction of sp³-hybridized carbons (Fsp3) is 0.500. The fourth-order valence-corrected chi connectivity index (χ4v) is 2.16. The van der Waals surface area contributed by atoms with Gasteiger partial charge in [-0.1, -0.05) is 6.07 Å². The second kappa shape index (κ2) is 4.61. The van der Waals surface area contributed by atoms with E-state index < -0.39 is 12.1 Å². The summed E-state index contributed by atoms with van der Waals surface area (Å²) in [5.74, 6) is 0.204. The Bertz CT molecular complexity index is 465. The molecular formula is C14H18O4. The third-order valence-corrected chi connectivity index (χ3v) is 2.91. The summed E-state index contributed by atoms with van der Waals surface area (Å²) in [4.78, 5) is 11.5. The van der Waals surface area contributed by atoms with Gasteiger partial charge in [0, 0.05) is 6.42 Å². The first-order valence-electron chi connectivity index (χ1n) is 6.09. The smallest absolute Gasteiger partial charge is 0.339 e. The molecule has 2 rings (SSSR count). The van der Waals surface area contributed by atoms with Crippen molar-refractivity contribution in [2.75, 3.05) is 6.61 Å². The number of esters is 1. The number of fused-ring (bicyclic) bond motifs is 1. The van der Waals surface area contributed by atoms with Crippen molar-refractivity contribution in [1.82, 2.24) is 0 Å². The lowest BCUT2D eigenvalue weighted by Crippen LogP contribution is -2.24. The molecule has 0 saturated heterocycles. The van der Waals surface area contributed by atoms with Gasteiger partial charge >= 0.3 is 5.97 Å². The molecule has 0 aliphatic carbocycles. The molecule has 4 nitrogen and oxygen atoms in total. The van der Waals surface area contributed by atoms with Gasteiger partial charge < -0.3 is 14.6 Å². The van der Waals surface area contributed by atoms with Crippen molar-refractivity contribution in [3.05, 3.63) is 29.3 Å². The maximum atomic E-state index is 11.5. The first-order valence-corrected chi connectivity index (χ1v) is 6.09. The minimum Gasteiger partial charge on any atom is -0.487 e. The highest BCUT2D eigenvalue weighted by atomic mass is 16.5. The summed E-state index contributed by atoms with van der Waals surface area (Å²) in [5, 5.41) is 9.87. The predicted octanol–water partition coefficient (Wildman–Crippen LogP) is 2.00. The number of aliphatic hydroxyl groups is 1. The highest BCUT2D eigenvalue weighted by molar-refractivity contribution is 5.76. The predicted molar refractivity (Wildman–Crippen MR) is 66.4 cm³/mol. The summed E-state index contributed by atoms with van der Waals surface area (Å²) >= 11 is 0. The van der Waals surface area contributed by atoms with Crippen molar-refractivity contribution in [3.63, 3.8) is 0 Å².